The quantitative estimate of drug-likeness (QED) is 0.742. The second-order valence-electron chi connectivity index (χ2n) is 4.57. The molecule has 2 rings (SSSR count). The van der Waals surface area contributed by atoms with Gasteiger partial charge in [0.1, 0.15) is 0 Å². The van der Waals surface area contributed by atoms with Gasteiger partial charge in [0.05, 0.1) is 11.4 Å². The van der Waals surface area contributed by atoms with Crippen molar-refractivity contribution in [2.75, 3.05) is 17.6 Å². The molecule has 0 unspecified atom stereocenters. The predicted octanol–water partition coefficient (Wildman–Crippen LogP) is 3.18. The van der Waals surface area contributed by atoms with Crippen molar-refractivity contribution in [2.24, 2.45) is 5.92 Å². The number of hydrogen-bond acceptors (Lipinski definition) is 2. The minimum absolute atomic E-state index is 0.852. The van der Waals surface area contributed by atoms with Crippen LogP contribution in [0.4, 0.5) is 11.4 Å². The molecule has 0 radical (unpaired) electrons. The summed E-state index contributed by atoms with van der Waals surface area (Å²) in [5, 5.41) is 3.47. The van der Waals surface area contributed by atoms with Crippen LogP contribution in [0.1, 0.15) is 31.2 Å². The number of para-hydroxylation sites is 1. The van der Waals surface area contributed by atoms with Crippen molar-refractivity contribution in [3.63, 3.8) is 0 Å². The average Bonchev–Trinajstić information content (AvgIpc) is 2.73. The highest BCUT2D eigenvalue weighted by molar-refractivity contribution is 5.69. The van der Waals surface area contributed by atoms with Gasteiger partial charge in [0.15, 0.2) is 0 Å². The van der Waals surface area contributed by atoms with Gasteiger partial charge in [0, 0.05) is 6.54 Å². The van der Waals surface area contributed by atoms with Crippen LogP contribution in [0.2, 0.25) is 0 Å². The molecule has 1 fully saturated rings. The lowest BCUT2D eigenvalue weighted by Crippen LogP contribution is -2.12. The predicted molar refractivity (Wildman–Crippen MR) is 66.0 cm³/mol. The smallest absolute Gasteiger partial charge is 0.0579 e. The Bertz CT molecular complexity index is 327. The van der Waals surface area contributed by atoms with Gasteiger partial charge in [-0.25, -0.2) is 0 Å². The highest BCUT2D eigenvalue weighted by Crippen LogP contribution is 2.27. The van der Waals surface area contributed by atoms with E-state index >= 15 is 0 Å². The van der Waals surface area contributed by atoms with Crippen LogP contribution in [0, 0.1) is 12.8 Å². The zero-order valence-electron chi connectivity index (χ0n) is 9.42. The van der Waals surface area contributed by atoms with Crippen molar-refractivity contribution >= 4 is 11.4 Å². The molecular formula is C13H20N2. The number of hydrogen-bond donors (Lipinski definition) is 2. The van der Waals surface area contributed by atoms with E-state index in [9.17, 15) is 0 Å². The van der Waals surface area contributed by atoms with Crippen molar-refractivity contribution in [3.8, 4) is 0 Å². The molecule has 0 aliphatic heterocycles. The largest absolute Gasteiger partial charge is 0.397 e. The van der Waals surface area contributed by atoms with E-state index in [0.29, 0.717) is 0 Å². The van der Waals surface area contributed by atoms with E-state index in [0.717, 1.165) is 29.4 Å². The minimum Gasteiger partial charge on any atom is -0.397 e. The summed E-state index contributed by atoms with van der Waals surface area (Å²) < 4.78 is 0. The molecule has 1 aliphatic rings. The normalized spacial score (nSPS) is 16.9. The third kappa shape index (κ3) is 2.44. The van der Waals surface area contributed by atoms with E-state index in [-0.39, 0.29) is 0 Å². The van der Waals surface area contributed by atoms with Crippen molar-refractivity contribution in [1.29, 1.82) is 0 Å². The lowest BCUT2D eigenvalue weighted by atomic mass is 10.1. The zero-order chi connectivity index (χ0) is 10.7. The van der Waals surface area contributed by atoms with Crippen molar-refractivity contribution < 1.29 is 0 Å². The molecule has 1 aliphatic carbocycles. The van der Waals surface area contributed by atoms with Gasteiger partial charge in [-0.1, -0.05) is 25.0 Å². The van der Waals surface area contributed by atoms with Crippen LogP contribution in [0.3, 0.4) is 0 Å². The summed E-state index contributed by atoms with van der Waals surface area (Å²) in [6, 6.07) is 6.18. The van der Waals surface area contributed by atoms with Gasteiger partial charge in [-0.2, -0.15) is 0 Å². The van der Waals surface area contributed by atoms with Crippen LogP contribution >= 0.6 is 0 Å². The zero-order valence-corrected chi connectivity index (χ0v) is 9.42. The van der Waals surface area contributed by atoms with E-state index in [4.69, 9.17) is 5.73 Å². The number of benzene rings is 1. The minimum atomic E-state index is 0.852. The maximum Gasteiger partial charge on any atom is 0.0579 e. The molecule has 2 heteroatoms. The first-order valence-corrected chi connectivity index (χ1v) is 5.86. The SMILES string of the molecule is Cc1cccc(NCC2CCCC2)c1N. The van der Waals surface area contributed by atoms with Crippen molar-refractivity contribution in [2.45, 2.75) is 32.6 Å². The van der Waals surface area contributed by atoms with Gasteiger partial charge < -0.3 is 11.1 Å². The Labute approximate surface area is 91.9 Å². The first-order chi connectivity index (χ1) is 7.27. The van der Waals surface area contributed by atoms with E-state index in [1.165, 1.54) is 25.7 Å². The van der Waals surface area contributed by atoms with Crippen molar-refractivity contribution in [1.82, 2.24) is 0 Å². The fraction of sp³-hybridized carbons (Fsp3) is 0.538. The number of rotatable bonds is 3. The molecule has 15 heavy (non-hydrogen) atoms. The van der Waals surface area contributed by atoms with Crippen molar-refractivity contribution in [3.05, 3.63) is 23.8 Å². The maximum absolute atomic E-state index is 6.00. The Morgan fingerprint density at radius 1 is 1.33 bits per heavy atom. The van der Waals surface area contributed by atoms with Gasteiger partial charge in [-0.15, -0.1) is 0 Å². The van der Waals surface area contributed by atoms with Crippen LogP contribution in [0.15, 0.2) is 18.2 Å². The molecule has 1 aromatic rings. The van der Waals surface area contributed by atoms with Crippen LogP contribution in [0.25, 0.3) is 0 Å². The van der Waals surface area contributed by atoms with Crippen LogP contribution < -0.4 is 11.1 Å². The molecule has 0 amide bonds. The Balaban J connectivity index is 1.95. The Kier molecular flexibility index (Phi) is 3.14. The Morgan fingerprint density at radius 3 is 2.80 bits per heavy atom. The van der Waals surface area contributed by atoms with Crippen LogP contribution in [0.5, 0.6) is 0 Å². The van der Waals surface area contributed by atoms with Gasteiger partial charge >= 0.3 is 0 Å². The molecule has 1 saturated carbocycles. The van der Waals surface area contributed by atoms with Gasteiger partial charge in [-0.05, 0) is 37.3 Å². The summed E-state index contributed by atoms with van der Waals surface area (Å²) in [4.78, 5) is 0. The molecule has 0 atom stereocenters. The third-order valence-corrected chi connectivity index (χ3v) is 3.38. The molecular weight excluding hydrogens is 184 g/mol. The summed E-state index contributed by atoms with van der Waals surface area (Å²) in [6.45, 7) is 3.13. The summed E-state index contributed by atoms with van der Waals surface area (Å²) >= 11 is 0. The number of nitrogen functional groups attached to an aromatic ring is 1. The molecule has 82 valence electrons. The van der Waals surface area contributed by atoms with E-state index in [1.54, 1.807) is 0 Å². The maximum atomic E-state index is 6.00. The molecule has 1 aromatic carbocycles. The molecule has 2 nitrogen and oxygen atoms in total. The Morgan fingerprint density at radius 2 is 2.07 bits per heavy atom. The van der Waals surface area contributed by atoms with E-state index in [2.05, 4.69) is 30.4 Å². The van der Waals surface area contributed by atoms with Gasteiger partial charge in [0.2, 0.25) is 0 Å². The number of nitrogens with two attached hydrogens (primary N) is 1. The molecule has 0 bridgehead atoms. The lowest BCUT2D eigenvalue weighted by Gasteiger charge is -2.14. The summed E-state index contributed by atoms with van der Waals surface area (Å²) in [5.74, 6) is 0.852. The molecule has 0 saturated heterocycles. The molecule has 0 spiro atoms. The topological polar surface area (TPSA) is 38.0 Å². The summed E-state index contributed by atoms with van der Waals surface area (Å²) in [6.07, 6.45) is 5.54. The molecule has 3 N–H and O–H groups in total. The Hall–Kier alpha value is -1.18. The molecule has 0 aromatic heterocycles. The number of anilines is 2. The highest BCUT2D eigenvalue weighted by Gasteiger charge is 2.14. The monoisotopic (exact) mass is 204 g/mol. The number of aryl methyl sites for hydroxylation is 1. The second-order valence-corrected chi connectivity index (χ2v) is 4.57. The lowest BCUT2D eigenvalue weighted by molar-refractivity contribution is 0.580. The first-order valence-electron chi connectivity index (χ1n) is 5.86. The van der Waals surface area contributed by atoms with Gasteiger partial charge in [0.25, 0.3) is 0 Å². The third-order valence-electron chi connectivity index (χ3n) is 3.38. The highest BCUT2D eigenvalue weighted by atomic mass is 14.9. The summed E-state index contributed by atoms with van der Waals surface area (Å²) in [7, 11) is 0. The van der Waals surface area contributed by atoms with Crippen LogP contribution in [-0.2, 0) is 0 Å². The summed E-state index contributed by atoms with van der Waals surface area (Å²) in [5.41, 5.74) is 9.16. The second kappa shape index (κ2) is 4.56. The fourth-order valence-corrected chi connectivity index (χ4v) is 2.30. The van der Waals surface area contributed by atoms with Crippen LogP contribution in [-0.4, -0.2) is 6.54 Å². The fourth-order valence-electron chi connectivity index (χ4n) is 2.30. The van der Waals surface area contributed by atoms with E-state index < -0.39 is 0 Å². The first kappa shape index (κ1) is 10.3. The molecule has 0 heterocycles. The van der Waals surface area contributed by atoms with Gasteiger partial charge in [-0.3, -0.25) is 0 Å². The standard InChI is InChI=1S/C13H20N2/c1-10-5-4-8-12(13(10)14)15-9-11-6-2-3-7-11/h4-5,8,11,15H,2-3,6-7,9,14H2,1H3. The number of nitrogens with one attached hydrogen (secondary N) is 1. The van der Waals surface area contributed by atoms with E-state index in [1.807, 2.05) is 0 Å². The average molecular weight is 204 g/mol.